The second-order valence-electron chi connectivity index (χ2n) is 5.00. The molecule has 102 valence electrons. The third-order valence-electron chi connectivity index (χ3n) is 3.21. The number of carbonyl (C=O) groups is 2. The number of anilines is 2. The van der Waals surface area contributed by atoms with Crippen molar-refractivity contribution >= 4 is 23.2 Å². The number of nitrogens with one attached hydrogen (secondary N) is 2. The van der Waals surface area contributed by atoms with Crippen LogP contribution in [0.5, 0.6) is 0 Å². The van der Waals surface area contributed by atoms with Crippen molar-refractivity contribution in [2.45, 2.75) is 13.3 Å². The highest BCUT2D eigenvalue weighted by Crippen LogP contribution is 2.19. The summed E-state index contributed by atoms with van der Waals surface area (Å²) in [4.78, 5) is 25.2. The second-order valence-corrected chi connectivity index (χ2v) is 5.00. The van der Waals surface area contributed by atoms with Gasteiger partial charge in [0.15, 0.2) is 0 Å². The first-order valence-electron chi connectivity index (χ1n) is 6.41. The second kappa shape index (κ2) is 5.84. The molecule has 1 heterocycles. The molecule has 1 aliphatic rings. The summed E-state index contributed by atoms with van der Waals surface area (Å²) < 4.78 is 0. The van der Waals surface area contributed by atoms with Crippen LogP contribution in [0.1, 0.15) is 13.3 Å². The number of nitrogens with zero attached hydrogens (tertiary/aromatic N) is 1. The molecule has 0 aliphatic carbocycles. The molecule has 5 heteroatoms. The lowest BCUT2D eigenvalue weighted by Crippen LogP contribution is -2.25. The Morgan fingerprint density at radius 1 is 1.26 bits per heavy atom. The van der Waals surface area contributed by atoms with Crippen LogP contribution in [0.4, 0.5) is 11.4 Å². The Morgan fingerprint density at radius 3 is 2.53 bits per heavy atom. The van der Waals surface area contributed by atoms with Gasteiger partial charge in [0, 0.05) is 24.8 Å². The Hall–Kier alpha value is -1.88. The lowest BCUT2D eigenvalue weighted by molar-refractivity contribution is -0.119. The Morgan fingerprint density at radius 2 is 1.95 bits per heavy atom. The van der Waals surface area contributed by atoms with Gasteiger partial charge in [-0.05, 0) is 38.2 Å². The van der Waals surface area contributed by atoms with E-state index in [4.69, 9.17) is 0 Å². The molecule has 5 nitrogen and oxygen atoms in total. The van der Waals surface area contributed by atoms with Gasteiger partial charge in [0.1, 0.15) is 0 Å². The van der Waals surface area contributed by atoms with Crippen molar-refractivity contribution in [1.29, 1.82) is 0 Å². The predicted molar refractivity (Wildman–Crippen MR) is 75.0 cm³/mol. The fraction of sp³-hybridized carbons (Fsp3) is 0.429. The minimum absolute atomic E-state index is 0.0457. The molecule has 2 N–H and O–H groups in total. The number of hydrogen-bond acceptors (Lipinski definition) is 3. The first kappa shape index (κ1) is 13.5. The van der Waals surface area contributed by atoms with Crippen LogP contribution in [0.2, 0.25) is 0 Å². The molecule has 1 atom stereocenters. The predicted octanol–water partition coefficient (Wildman–Crippen LogP) is 1.54. The van der Waals surface area contributed by atoms with Gasteiger partial charge in [0.05, 0.1) is 5.92 Å². The summed E-state index contributed by atoms with van der Waals surface area (Å²) in [5.41, 5.74) is 1.40. The number of carbonyl (C=O) groups excluding carboxylic acids is 2. The Kier molecular flexibility index (Phi) is 4.16. The van der Waals surface area contributed by atoms with E-state index in [1.165, 1.54) is 6.92 Å². The van der Waals surface area contributed by atoms with Crippen molar-refractivity contribution in [3.63, 3.8) is 0 Å². The largest absolute Gasteiger partial charge is 0.326 e. The number of hydrogen-bond donors (Lipinski definition) is 2. The molecule has 1 aromatic rings. The summed E-state index contributed by atoms with van der Waals surface area (Å²) in [6, 6.07) is 7.18. The molecule has 0 radical (unpaired) electrons. The standard InChI is InChI=1S/C14H19N3O2/c1-10(18)15-12-4-3-5-13(8-12)16-14(19)11-6-7-17(2)9-11/h3-5,8,11H,6-7,9H2,1-2H3,(H,15,18)(H,16,19). The van der Waals surface area contributed by atoms with E-state index in [0.29, 0.717) is 11.4 Å². The maximum absolute atomic E-state index is 12.1. The van der Waals surface area contributed by atoms with Crippen molar-refractivity contribution < 1.29 is 9.59 Å². The molecule has 1 fully saturated rings. The van der Waals surface area contributed by atoms with Crippen molar-refractivity contribution in [2.75, 3.05) is 30.8 Å². The normalized spacial score (nSPS) is 19.2. The van der Waals surface area contributed by atoms with Crippen molar-refractivity contribution in [3.05, 3.63) is 24.3 Å². The highest BCUT2D eigenvalue weighted by molar-refractivity contribution is 5.94. The lowest BCUT2D eigenvalue weighted by Gasteiger charge is -2.12. The molecule has 1 aliphatic heterocycles. The number of amides is 2. The molecule has 0 aromatic heterocycles. The molecule has 1 aromatic carbocycles. The molecule has 1 unspecified atom stereocenters. The molecule has 1 saturated heterocycles. The van der Waals surface area contributed by atoms with Gasteiger partial charge >= 0.3 is 0 Å². The summed E-state index contributed by atoms with van der Waals surface area (Å²) in [6.07, 6.45) is 0.897. The molecule has 2 amide bonds. The van der Waals surface area contributed by atoms with E-state index >= 15 is 0 Å². The van der Waals surface area contributed by atoms with Gasteiger partial charge in [-0.2, -0.15) is 0 Å². The first-order valence-corrected chi connectivity index (χ1v) is 6.41. The quantitative estimate of drug-likeness (QED) is 0.867. The van der Waals surface area contributed by atoms with E-state index in [0.717, 1.165) is 19.5 Å². The summed E-state index contributed by atoms with van der Waals surface area (Å²) in [5, 5.41) is 5.60. The summed E-state index contributed by atoms with van der Waals surface area (Å²) >= 11 is 0. The maximum Gasteiger partial charge on any atom is 0.228 e. The van der Waals surface area contributed by atoms with E-state index in [2.05, 4.69) is 15.5 Å². The number of benzene rings is 1. The zero-order valence-corrected chi connectivity index (χ0v) is 11.3. The zero-order chi connectivity index (χ0) is 13.8. The van der Waals surface area contributed by atoms with Crippen LogP contribution in [-0.2, 0) is 9.59 Å². The van der Waals surface area contributed by atoms with Gasteiger partial charge in [-0.15, -0.1) is 0 Å². The highest BCUT2D eigenvalue weighted by Gasteiger charge is 2.25. The van der Waals surface area contributed by atoms with Crippen molar-refractivity contribution in [2.24, 2.45) is 5.92 Å². The van der Waals surface area contributed by atoms with Crippen LogP contribution in [0.25, 0.3) is 0 Å². The van der Waals surface area contributed by atoms with Gasteiger partial charge in [-0.1, -0.05) is 6.07 Å². The van der Waals surface area contributed by atoms with Crippen LogP contribution in [-0.4, -0.2) is 36.9 Å². The van der Waals surface area contributed by atoms with E-state index < -0.39 is 0 Å². The first-order chi connectivity index (χ1) is 9.04. The van der Waals surface area contributed by atoms with Gasteiger partial charge in [-0.25, -0.2) is 0 Å². The zero-order valence-electron chi connectivity index (χ0n) is 11.3. The topological polar surface area (TPSA) is 61.4 Å². The number of likely N-dealkylation sites (tertiary alicyclic amines) is 1. The fourth-order valence-corrected chi connectivity index (χ4v) is 2.27. The lowest BCUT2D eigenvalue weighted by atomic mass is 10.1. The molecule has 2 rings (SSSR count). The average molecular weight is 261 g/mol. The summed E-state index contributed by atoms with van der Waals surface area (Å²) in [6.45, 7) is 3.22. The van der Waals surface area contributed by atoms with E-state index in [1.807, 2.05) is 19.2 Å². The Bertz CT molecular complexity index is 487. The molecular formula is C14H19N3O2. The van der Waals surface area contributed by atoms with Crippen molar-refractivity contribution in [3.8, 4) is 0 Å². The van der Waals surface area contributed by atoms with Crippen LogP contribution in [0.3, 0.4) is 0 Å². The minimum atomic E-state index is -0.124. The number of rotatable bonds is 3. The van der Waals surface area contributed by atoms with Crippen LogP contribution < -0.4 is 10.6 Å². The monoisotopic (exact) mass is 261 g/mol. The van der Waals surface area contributed by atoms with Gasteiger partial charge < -0.3 is 15.5 Å². The molecular weight excluding hydrogens is 242 g/mol. The van der Waals surface area contributed by atoms with Gasteiger partial charge in [0.2, 0.25) is 11.8 Å². The van der Waals surface area contributed by atoms with E-state index in [1.54, 1.807) is 12.1 Å². The van der Waals surface area contributed by atoms with Crippen LogP contribution >= 0.6 is 0 Å². The average Bonchev–Trinajstić information content (AvgIpc) is 2.75. The van der Waals surface area contributed by atoms with Crippen LogP contribution in [0.15, 0.2) is 24.3 Å². The van der Waals surface area contributed by atoms with Crippen LogP contribution in [0, 0.1) is 5.92 Å². The molecule has 0 saturated carbocycles. The van der Waals surface area contributed by atoms with Crippen molar-refractivity contribution in [1.82, 2.24) is 4.90 Å². The van der Waals surface area contributed by atoms with Gasteiger partial charge in [-0.3, -0.25) is 9.59 Å². The Balaban J connectivity index is 1.98. The third kappa shape index (κ3) is 3.79. The molecule has 0 bridgehead atoms. The SMILES string of the molecule is CC(=O)Nc1cccc(NC(=O)C2CCN(C)C2)c1. The highest BCUT2D eigenvalue weighted by atomic mass is 16.2. The smallest absolute Gasteiger partial charge is 0.228 e. The summed E-state index contributed by atoms with van der Waals surface area (Å²) in [5.74, 6) is -0.0281. The third-order valence-corrected chi connectivity index (χ3v) is 3.21. The molecule has 0 spiro atoms. The summed E-state index contributed by atoms with van der Waals surface area (Å²) in [7, 11) is 2.02. The maximum atomic E-state index is 12.1. The fourth-order valence-electron chi connectivity index (χ4n) is 2.27. The van der Waals surface area contributed by atoms with Gasteiger partial charge in [0.25, 0.3) is 0 Å². The van der Waals surface area contributed by atoms with E-state index in [-0.39, 0.29) is 17.7 Å². The van der Waals surface area contributed by atoms with E-state index in [9.17, 15) is 9.59 Å². The minimum Gasteiger partial charge on any atom is -0.326 e. The Labute approximate surface area is 113 Å². The molecule has 19 heavy (non-hydrogen) atoms.